The number of nitrogens with zero attached hydrogens (tertiary/aromatic N) is 3. The molecule has 2 unspecified atom stereocenters. The molecule has 2 aromatic heterocycles. The van der Waals surface area contributed by atoms with Crippen molar-refractivity contribution in [3.8, 4) is 0 Å². The largest absolute Gasteiger partial charge is 0.364 e. The lowest BCUT2D eigenvalue weighted by atomic mass is 9.89. The molecular formula is C11H15ClN4O. The van der Waals surface area contributed by atoms with E-state index in [0.717, 1.165) is 5.69 Å². The van der Waals surface area contributed by atoms with E-state index in [1.165, 1.54) is 4.52 Å². The van der Waals surface area contributed by atoms with Crippen LogP contribution < -0.4 is 5.69 Å². The predicted molar refractivity (Wildman–Crippen MR) is 66.5 cm³/mol. The molecule has 6 heteroatoms. The fraction of sp³-hybridized carbons (Fsp3) is 0.545. The minimum absolute atomic E-state index is 0.0393. The van der Waals surface area contributed by atoms with Crippen LogP contribution in [0.3, 0.4) is 0 Å². The van der Waals surface area contributed by atoms with Crippen molar-refractivity contribution in [2.24, 2.45) is 5.92 Å². The number of alkyl halides is 1. The highest BCUT2D eigenvalue weighted by atomic mass is 35.5. The summed E-state index contributed by atoms with van der Waals surface area (Å²) in [4.78, 5) is 11.4. The third-order valence-electron chi connectivity index (χ3n) is 2.85. The number of aromatic nitrogens is 4. The van der Waals surface area contributed by atoms with E-state index in [1.807, 2.05) is 13.0 Å². The minimum atomic E-state index is -0.327. The molecule has 92 valence electrons. The average molecular weight is 255 g/mol. The Kier molecular flexibility index (Phi) is 3.19. The Morgan fingerprint density at radius 2 is 2.06 bits per heavy atom. The molecule has 2 atom stereocenters. The van der Waals surface area contributed by atoms with Crippen LogP contribution in [0.1, 0.15) is 32.4 Å². The van der Waals surface area contributed by atoms with Crippen LogP contribution in [-0.2, 0) is 0 Å². The van der Waals surface area contributed by atoms with E-state index >= 15 is 0 Å². The van der Waals surface area contributed by atoms with Crippen molar-refractivity contribution in [1.82, 2.24) is 19.8 Å². The second kappa shape index (κ2) is 4.49. The summed E-state index contributed by atoms with van der Waals surface area (Å²) in [6, 6.07) is 3.65. The van der Waals surface area contributed by atoms with Gasteiger partial charge in [0.15, 0.2) is 5.65 Å². The second-order valence-corrected chi connectivity index (χ2v) is 5.19. The van der Waals surface area contributed by atoms with Gasteiger partial charge in [-0.05, 0) is 25.0 Å². The molecule has 0 aliphatic heterocycles. The molecule has 0 aliphatic carbocycles. The van der Waals surface area contributed by atoms with Crippen LogP contribution in [0.4, 0.5) is 0 Å². The van der Waals surface area contributed by atoms with Crippen LogP contribution in [0.25, 0.3) is 5.65 Å². The topological polar surface area (TPSA) is 63.0 Å². The van der Waals surface area contributed by atoms with Gasteiger partial charge in [-0.25, -0.2) is 9.89 Å². The molecule has 2 rings (SSSR count). The Labute approximate surface area is 104 Å². The summed E-state index contributed by atoms with van der Waals surface area (Å²) in [5.74, 6) is 0.470. The fourth-order valence-corrected chi connectivity index (χ4v) is 2.52. The molecule has 1 N–H and O–H groups in total. The molecule has 2 aromatic rings. The molecule has 2 heterocycles. The smallest absolute Gasteiger partial charge is 0.244 e. The maximum atomic E-state index is 11.4. The van der Waals surface area contributed by atoms with E-state index in [-0.39, 0.29) is 17.0 Å². The summed E-state index contributed by atoms with van der Waals surface area (Å²) in [5, 5.41) is 10.5. The van der Waals surface area contributed by atoms with E-state index in [2.05, 4.69) is 29.1 Å². The van der Waals surface area contributed by atoms with Crippen molar-refractivity contribution in [1.29, 1.82) is 0 Å². The number of H-pyrrole nitrogens is 1. The standard InChI is InChI=1S/C11H15ClN4O/c1-6(2)10(7(3)12)8-4-5-9-13-14-11(17)16(9)15-8/h4-7,10H,1-3H3,(H,14,17). The molecule has 17 heavy (non-hydrogen) atoms. The Balaban J connectivity index is 2.54. The number of nitrogens with one attached hydrogen (secondary N) is 1. The van der Waals surface area contributed by atoms with Crippen LogP contribution in [0.2, 0.25) is 0 Å². The van der Waals surface area contributed by atoms with E-state index in [9.17, 15) is 4.79 Å². The number of fused-ring (bicyclic) bond motifs is 1. The number of aromatic amines is 1. The third-order valence-corrected chi connectivity index (χ3v) is 3.12. The summed E-state index contributed by atoms with van der Waals surface area (Å²) < 4.78 is 1.27. The van der Waals surface area contributed by atoms with Gasteiger partial charge in [0.05, 0.1) is 5.69 Å². The van der Waals surface area contributed by atoms with Crippen LogP contribution in [0.5, 0.6) is 0 Å². The number of halogens is 1. The first-order valence-electron chi connectivity index (χ1n) is 5.59. The van der Waals surface area contributed by atoms with E-state index in [1.54, 1.807) is 6.07 Å². The molecule has 0 spiro atoms. The molecule has 0 saturated carbocycles. The lowest BCUT2D eigenvalue weighted by molar-refractivity contribution is 0.473. The van der Waals surface area contributed by atoms with E-state index < -0.39 is 0 Å². The number of hydrogen-bond acceptors (Lipinski definition) is 3. The summed E-state index contributed by atoms with van der Waals surface area (Å²) in [5.41, 5.74) is 1.01. The Morgan fingerprint density at radius 3 is 2.65 bits per heavy atom. The number of hydrogen-bond donors (Lipinski definition) is 1. The van der Waals surface area contributed by atoms with Crippen molar-refractivity contribution in [3.05, 3.63) is 28.3 Å². The van der Waals surface area contributed by atoms with Crippen molar-refractivity contribution in [2.75, 3.05) is 0 Å². The van der Waals surface area contributed by atoms with Crippen LogP contribution in [0, 0.1) is 5.92 Å². The zero-order valence-corrected chi connectivity index (χ0v) is 10.8. The summed E-state index contributed by atoms with van der Waals surface area (Å²) in [6.45, 7) is 6.12. The summed E-state index contributed by atoms with van der Waals surface area (Å²) in [7, 11) is 0. The van der Waals surface area contributed by atoms with Crippen molar-refractivity contribution in [3.63, 3.8) is 0 Å². The average Bonchev–Trinajstić information content (AvgIpc) is 2.59. The fourth-order valence-electron chi connectivity index (χ4n) is 2.10. The third kappa shape index (κ3) is 2.20. The second-order valence-electron chi connectivity index (χ2n) is 4.50. The van der Waals surface area contributed by atoms with E-state index in [4.69, 9.17) is 11.6 Å². The van der Waals surface area contributed by atoms with Crippen molar-refractivity contribution < 1.29 is 0 Å². The van der Waals surface area contributed by atoms with Gasteiger partial charge in [-0.2, -0.15) is 14.7 Å². The van der Waals surface area contributed by atoms with Gasteiger partial charge in [0, 0.05) is 11.3 Å². The first kappa shape index (κ1) is 12.1. The van der Waals surface area contributed by atoms with Crippen molar-refractivity contribution >= 4 is 17.2 Å². The van der Waals surface area contributed by atoms with E-state index in [0.29, 0.717) is 11.6 Å². The SMILES string of the molecule is CC(C)C(c1ccc2n[nH]c(=O)n2n1)C(C)Cl. The quantitative estimate of drug-likeness (QED) is 0.850. The highest BCUT2D eigenvalue weighted by Crippen LogP contribution is 2.29. The molecule has 5 nitrogen and oxygen atoms in total. The molecule has 0 fully saturated rings. The molecule has 0 aliphatic rings. The first-order valence-corrected chi connectivity index (χ1v) is 6.02. The van der Waals surface area contributed by atoms with Crippen LogP contribution in [0.15, 0.2) is 16.9 Å². The highest BCUT2D eigenvalue weighted by molar-refractivity contribution is 6.20. The molecular weight excluding hydrogens is 240 g/mol. The maximum Gasteiger partial charge on any atom is 0.364 e. The zero-order chi connectivity index (χ0) is 12.6. The van der Waals surface area contributed by atoms with Gasteiger partial charge < -0.3 is 0 Å². The Hall–Kier alpha value is -1.36. The highest BCUT2D eigenvalue weighted by Gasteiger charge is 2.23. The lowest BCUT2D eigenvalue weighted by Gasteiger charge is -2.22. The summed E-state index contributed by atoms with van der Waals surface area (Å²) >= 11 is 6.19. The van der Waals surface area contributed by atoms with Gasteiger partial charge in [0.25, 0.3) is 0 Å². The first-order chi connectivity index (χ1) is 8.00. The number of rotatable bonds is 3. The van der Waals surface area contributed by atoms with Gasteiger partial charge in [-0.15, -0.1) is 11.6 Å². The van der Waals surface area contributed by atoms with Gasteiger partial charge in [-0.3, -0.25) is 0 Å². The van der Waals surface area contributed by atoms with Crippen molar-refractivity contribution in [2.45, 2.75) is 32.1 Å². The monoisotopic (exact) mass is 254 g/mol. The zero-order valence-electron chi connectivity index (χ0n) is 10.0. The predicted octanol–water partition coefficient (Wildman–Crippen LogP) is 1.78. The van der Waals surface area contributed by atoms with Gasteiger partial charge in [0.2, 0.25) is 0 Å². The molecule has 0 saturated heterocycles. The van der Waals surface area contributed by atoms with Gasteiger partial charge in [-0.1, -0.05) is 13.8 Å². The summed E-state index contributed by atoms with van der Waals surface area (Å²) in [6.07, 6.45) is 0. The maximum absolute atomic E-state index is 11.4. The minimum Gasteiger partial charge on any atom is -0.244 e. The molecule has 0 bridgehead atoms. The molecule has 0 radical (unpaired) electrons. The Morgan fingerprint density at radius 1 is 1.35 bits per heavy atom. The van der Waals surface area contributed by atoms with Crippen LogP contribution >= 0.6 is 11.6 Å². The van der Waals surface area contributed by atoms with Gasteiger partial charge >= 0.3 is 5.69 Å². The van der Waals surface area contributed by atoms with Crippen LogP contribution in [-0.4, -0.2) is 25.2 Å². The Bertz CT molecular complexity index is 564. The molecule has 0 amide bonds. The lowest BCUT2D eigenvalue weighted by Crippen LogP contribution is -2.21. The normalized spacial score (nSPS) is 15.4. The molecule has 0 aromatic carbocycles. The van der Waals surface area contributed by atoms with Gasteiger partial charge in [0.1, 0.15) is 0 Å².